The third-order valence-electron chi connectivity index (χ3n) is 6.67. The van der Waals surface area contributed by atoms with Gasteiger partial charge < -0.3 is 20.1 Å². The Morgan fingerprint density at radius 2 is 1.71 bits per heavy atom. The molecular weight excluding hydrogens is 527 g/mol. The zero-order valence-corrected chi connectivity index (χ0v) is 21.7. The van der Waals surface area contributed by atoms with Crippen molar-refractivity contribution in [3.8, 4) is 0 Å². The lowest BCUT2D eigenvalue weighted by Gasteiger charge is -2.44. The molecule has 1 aromatic heterocycles. The Bertz CT molecular complexity index is 1350. The van der Waals surface area contributed by atoms with Gasteiger partial charge in [0.2, 0.25) is 3.79 Å². The molecule has 1 amide bonds. The topological polar surface area (TPSA) is 66.4 Å². The van der Waals surface area contributed by atoms with Gasteiger partial charge in [-0.3, -0.25) is 9.59 Å². The van der Waals surface area contributed by atoms with Gasteiger partial charge in [-0.05, 0) is 47.5 Å². The van der Waals surface area contributed by atoms with E-state index in [9.17, 15) is 9.59 Å². The molecule has 6 nitrogen and oxygen atoms in total. The molecule has 182 valence electrons. The number of hydrogen-bond donors (Lipinski definition) is 2. The van der Waals surface area contributed by atoms with E-state index < -0.39 is 9.96 Å². The Morgan fingerprint density at radius 3 is 2.51 bits per heavy atom. The highest BCUT2D eigenvalue weighted by Crippen LogP contribution is 2.35. The summed E-state index contributed by atoms with van der Waals surface area (Å²) in [7, 11) is 0. The van der Waals surface area contributed by atoms with E-state index in [0.29, 0.717) is 30.3 Å². The SMILES string of the molecule is O=C(NC(NC(=S)N1C[C@@H]2C[C@H](C1)c1cccc(=O)n1C2)C(Cl)(Cl)Cl)c1cccc2ccccc12. The maximum atomic E-state index is 13.2. The van der Waals surface area contributed by atoms with Gasteiger partial charge in [0.1, 0.15) is 6.17 Å². The van der Waals surface area contributed by atoms with Crippen molar-refractivity contribution in [2.24, 2.45) is 5.92 Å². The van der Waals surface area contributed by atoms with Crippen LogP contribution in [-0.4, -0.2) is 43.5 Å². The van der Waals surface area contributed by atoms with Crippen LogP contribution in [0, 0.1) is 5.92 Å². The number of benzene rings is 2. The Hall–Kier alpha value is -2.32. The van der Waals surface area contributed by atoms with Crippen LogP contribution in [0.15, 0.2) is 65.5 Å². The van der Waals surface area contributed by atoms with Gasteiger partial charge in [-0.15, -0.1) is 0 Å². The van der Waals surface area contributed by atoms with Crippen LogP contribution >= 0.6 is 47.0 Å². The summed E-state index contributed by atoms with van der Waals surface area (Å²) in [5, 5.41) is 7.99. The molecule has 1 fully saturated rings. The number of alkyl halides is 3. The monoisotopic (exact) mass is 548 g/mol. The number of likely N-dealkylation sites (tertiary alicyclic amines) is 1. The van der Waals surface area contributed by atoms with E-state index in [4.69, 9.17) is 47.0 Å². The molecule has 0 aliphatic carbocycles. The van der Waals surface area contributed by atoms with E-state index in [1.165, 1.54) is 0 Å². The van der Waals surface area contributed by atoms with Crippen LogP contribution in [-0.2, 0) is 6.54 Å². The van der Waals surface area contributed by atoms with Crippen LogP contribution in [0.1, 0.15) is 28.4 Å². The highest BCUT2D eigenvalue weighted by molar-refractivity contribution is 7.80. The molecule has 2 bridgehead atoms. The van der Waals surface area contributed by atoms with Crippen molar-refractivity contribution < 1.29 is 4.79 Å². The van der Waals surface area contributed by atoms with E-state index in [1.807, 2.05) is 51.9 Å². The zero-order valence-electron chi connectivity index (χ0n) is 18.6. The van der Waals surface area contributed by atoms with Gasteiger partial charge in [0.15, 0.2) is 5.11 Å². The van der Waals surface area contributed by atoms with E-state index in [1.54, 1.807) is 18.2 Å². The third-order valence-corrected chi connectivity index (χ3v) is 7.70. The number of carbonyl (C=O) groups is 1. The lowest BCUT2D eigenvalue weighted by molar-refractivity contribution is 0.0934. The van der Waals surface area contributed by atoms with Crippen LogP contribution in [0.5, 0.6) is 0 Å². The largest absolute Gasteiger partial charge is 0.348 e. The molecule has 5 rings (SSSR count). The molecule has 3 atom stereocenters. The molecular formula is C25H23Cl3N4O2S. The molecule has 35 heavy (non-hydrogen) atoms. The first kappa shape index (κ1) is 24.4. The van der Waals surface area contributed by atoms with Crippen LogP contribution in [0.3, 0.4) is 0 Å². The van der Waals surface area contributed by atoms with Gasteiger partial charge >= 0.3 is 0 Å². The second-order valence-electron chi connectivity index (χ2n) is 9.03. The quantitative estimate of drug-likeness (QED) is 0.288. The Balaban J connectivity index is 1.33. The maximum absolute atomic E-state index is 13.2. The first-order chi connectivity index (χ1) is 16.7. The summed E-state index contributed by atoms with van der Waals surface area (Å²) >= 11 is 24.4. The molecule has 0 spiro atoms. The van der Waals surface area contributed by atoms with Gasteiger partial charge in [-0.2, -0.15) is 0 Å². The molecule has 2 aromatic carbocycles. The van der Waals surface area contributed by atoms with Gasteiger partial charge in [0.05, 0.1) is 0 Å². The molecule has 2 aliphatic rings. The Morgan fingerprint density at radius 1 is 0.971 bits per heavy atom. The number of pyridine rings is 1. The third kappa shape index (κ3) is 5.00. The van der Waals surface area contributed by atoms with Crippen molar-refractivity contribution in [3.05, 3.63) is 82.3 Å². The van der Waals surface area contributed by atoms with Crippen molar-refractivity contribution >= 4 is 68.8 Å². The second-order valence-corrected chi connectivity index (χ2v) is 11.8. The number of hydrogen-bond acceptors (Lipinski definition) is 3. The average molecular weight is 550 g/mol. The van der Waals surface area contributed by atoms with Crippen molar-refractivity contribution in [1.82, 2.24) is 20.1 Å². The molecule has 2 N–H and O–H groups in total. The lowest BCUT2D eigenvalue weighted by atomic mass is 9.83. The standard InChI is InChI=1S/C25H23Cl3N4O2S/c26-25(27,28)23(29-22(34)19-8-3-6-16-5-1-2-7-18(16)19)30-24(35)31-12-15-11-17(14-31)20-9-4-10-21(33)32(20)13-15/h1-10,15,17,23H,11-14H2,(H,29,34)(H,30,35)/t15-,17+,23?/m0/s1. The molecule has 0 radical (unpaired) electrons. The highest BCUT2D eigenvalue weighted by atomic mass is 35.6. The Labute approximate surface area is 223 Å². The summed E-state index contributed by atoms with van der Waals surface area (Å²) in [5.74, 6) is 0.0717. The summed E-state index contributed by atoms with van der Waals surface area (Å²) in [4.78, 5) is 27.5. The maximum Gasteiger partial charge on any atom is 0.253 e. The zero-order chi connectivity index (χ0) is 24.7. The summed E-state index contributed by atoms with van der Waals surface area (Å²) in [6.07, 6.45) is -0.0583. The number of aromatic nitrogens is 1. The summed E-state index contributed by atoms with van der Waals surface area (Å²) < 4.78 is 0.0110. The van der Waals surface area contributed by atoms with Gasteiger partial charge in [-0.1, -0.05) is 77.3 Å². The van der Waals surface area contributed by atoms with Crippen molar-refractivity contribution in [2.45, 2.75) is 28.8 Å². The number of nitrogens with zero attached hydrogens (tertiary/aromatic N) is 2. The second kappa shape index (κ2) is 9.62. The average Bonchev–Trinajstić information content (AvgIpc) is 2.83. The first-order valence-electron chi connectivity index (χ1n) is 11.3. The molecule has 2 aliphatic heterocycles. The molecule has 3 heterocycles. The fourth-order valence-corrected chi connectivity index (χ4v) is 5.70. The van der Waals surface area contributed by atoms with Crippen LogP contribution in [0.2, 0.25) is 0 Å². The van der Waals surface area contributed by atoms with E-state index in [-0.39, 0.29) is 23.3 Å². The first-order valence-corrected chi connectivity index (χ1v) is 12.9. The van der Waals surface area contributed by atoms with Crippen molar-refractivity contribution in [2.75, 3.05) is 13.1 Å². The van der Waals surface area contributed by atoms with E-state index >= 15 is 0 Å². The Kier molecular flexibility index (Phi) is 6.70. The fraction of sp³-hybridized carbons (Fsp3) is 0.320. The molecule has 10 heteroatoms. The number of piperidine rings is 1. The van der Waals surface area contributed by atoms with Gasteiger partial charge in [-0.25, -0.2) is 0 Å². The smallest absolute Gasteiger partial charge is 0.253 e. The lowest BCUT2D eigenvalue weighted by Crippen LogP contribution is -2.60. The summed E-state index contributed by atoms with van der Waals surface area (Å²) in [6, 6.07) is 18.5. The summed E-state index contributed by atoms with van der Waals surface area (Å²) in [5.41, 5.74) is 1.52. The number of halogens is 3. The minimum Gasteiger partial charge on any atom is -0.348 e. The fourth-order valence-electron chi connectivity index (χ4n) is 5.11. The van der Waals surface area contributed by atoms with Crippen LogP contribution in [0.25, 0.3) is 10.8 Å². The number of nitrogens with one attached hydrogen (secondary N) is 2. The van der Waals surface area contributed by atoms with Gasteiger partial charge in [0.25, 0.3) is 11.5 Å². The molecule has 1 saturated heterocycles. The minimum atomic E-state index is -1.85. The predicted molar refractivity (Wildman–Crippen MR) is 144 cm³/mol. The van der Waals surface area contributed by atoms with Crippen molar-refractivity contribution in [3.63, 3.8) is 0 Å². The van der Waals surface area contributed by atoms with E-state index in [0.717, 1.165) is 22.9 Å². The number of rotatable bonds is 3. The number of carbonyl (C=O) groups excluding carboxylic acids is 1. The van der Waals surface area contributed by atoms with Crippen molar-refractivity contribution in [1.29, 1.82) is 0 Å². The van der Waals surface area contributed by atoms with Crippen LogP contribution < -0.4 is 16.2 Å². The van der Waals surface area contributed by atoms with E-state index in [2.05, 4.69) is 10.6 Å². The predicted octanol–water partition coefficient (Wildman–Crippen LogP) is 4.42. The van der Waals surface area contributed by atoms with Gasteiger partial charge in [0, 0.05) is 42.9 Å². The molecule has 3 aromatic rings. The highest BCUT2D eigenvalue weighted by Gasteiger charge is 2.39. The number of amides is 1. The summed E-state index contributed by atoms with van der Waals surface area (Å²) in [6.45, 7) is 1.96. The normalized spacial score (nSPS) is 20.1. The molecule has 1 unspecified atom stereocenters. The van der Waals surface area contributed by atoms with Crippen LogP contribution in [0.4, 0.5) is 0 Å². The number of thiocarbonyl (C=S) groups is 1. The molecule has 0 saturated carbocycles. The minimum absolute atomic E-state index is 0.0266. The number of fused-ring (bicyclic) bond motifs is 5.